The summed E-state index contributed by atoms with van der Waals surface area (Å²) < 4.78 is 0. The second kappa shape index (κ2) is 34.6. The quantitative estimate of drug-likeness (QED) is 0.0356. The van der Waals surface area contributed by atoms with E-state index in [1.54, 1.807) is 22.3 Å². The monoisotopic (exact) mass is 1310 g/mol. The average Bonchev–Trinajstić information content (AvgIpc) is 1.53. The van der Waals surface area contributed by atoms with E-state index in [1.165, 1.54) is 264 Å². The van der Waals surface area contributed by atoms with Crippen molar-refractivity contribution < 1.29 is 0 Å². The minimum Gasteiger partial charge on any atom is -0.311 e. The fraction of sp³-hybridized carbons (Fsp3) is 0.423. The molecule has 0 fully saturated rings. The van der Waals surface area contributed by atoms with E-state index in [0.717, 1.165) is 22.6 Å². The smallest absolute Gasteiger partial charge is 0.0462 e. The number of benzene rings is 9. The van der Waals surface area contributed by atoms with Gasteiger partial charge in [-0.2, -0.15) is 0 Å². The van der Waals surface area contributed by atoms with Crippen molar-refractivity contribution in [2.45, 2.75) is 265 Å². The maximum absolute atomic E-state index is 4.06. The van der Waals surface area contributed by atoms with Crippen molar-refractivity contribution in [2.24, 2.45) is 0 Å². The van der Waals surface area contributed by atoms with Crippen molar-refractivity contribution in [2.75, 3.05) is 9.80 Å². The highest BCUT2D eigenvalue weighted by Gasteiger charge is 2.48. The fourth-order valence-corrected chi connectivity index (χ4v) is 16.9. The van der Waals surface area contributed by atoms with Gasteiger partial charge in [0.05, 0.1) is 0 Å². The number of fused-ring (bicyclic) bond motifs is 6. The molecular weight excluding hydrogens is 1190 g/mol. The maximum atomic E-state index is 4.06. The van der Waals surface area contributed by atoms with Crippen LogP contribution in [0.2, 0.25) is 0 Å². The number of hydrogen-bond acceptors (Lipinski definition) is 2. The molecule has 9 aromatic rings. The average molecular weight is 1310 g/mol. The van der Waals surface area contributed by atoms with Gasteiger partial charge in [-0.3, -0.25) is 0 Å². The van der Waals surface area contributed by atoms with Crippen LogP contribution in [0, 0.1) is 13.8 Å². The van der Waals surface area contributed by atoms with E-state index in [1.807, 2.05) is 6.08 Å². The van der Waals surface area contributed by atoms with E-state index in [9.17, 15) is 0 Å². The van der Waals surface area contributed by atoms with E-state index in [2.05, 4.69) is 273 Å². The third-order valence-electron chi connectivity index (χ3n) is 22.8. The lowest BCUT2D eigenvalue weighted by atomic mass is 9.68. The van der Waals surface area contributed by atoms with Gasteiger partial charge in [-0.05, 0) is 220 Å². The van der Waals surface area contributed by atoms with Crippen LogP contribution < -0.4 is 9.80 Å². The summed E-state index contributed by atoms with van der Waals surface area (Å²) in [6, 6.07) is 76.4. The van der Waals surface area contributed by atoms with Gasteiger partial charge >= 0.3 is 0 Å². The van der Waals surface area contributed by atoms with Gasteiger partial charge in [0, 0.05) is 45.0 Å². The zero-order valence-corrected chi connectivity index (χ0v) is 62.7. The Balaban J connectivity index is 1.04. The lowest BCUT2D eigenvalue weighted by Crippen LogP contribution is -2.27. The Labute approximate surface area is 600 Å². The summed E-state index contributed by atoms with van der Waals surface area (Å²) >= 11 is 0. The maximum Gasteiger partial charge on any atom is 0.0462 e. The van der Waals surface area contributed by atoms with Crippen LogP contribution in [0.1, 0.15) is 279 Å². The van der Waals surface area contributed by atoms with Crippen LogP contribution in [0.4, 0.5) is 34.1 Å². The molecule has 0 N–H and O–H groups in total. The first-order valence-corrected chi connectivity index (χ1v) is 39.6. The van der Waals surface area contributed by atoms with E-state index >= 15 is 0 Å². The molecule has 2 heteroatoms. The Kier molecular flexibility index (Phi) is 25.4. The van der Waals surface area contributed by atoms with E-state index in [-0.39, 0.29) is 16.2 Å². The molecule has 9 aromatic carbocycles. The van der Waals surface area contributed by atoms with Gasteiger partial charge in [0.2, 0.25) is 0 Å². The second-order valence-electron chi connectivity index (χ2n) is 31.1. The molecule has 11 rings (SSSR count). The molecule has 518 valence electrons. The van der Waals surface area contributed by atoms with Crippen LogP contribution in [0.3, 0.4) is 0 Å². The molecule has 1 unspecified atom stereocenters. The molecule has 0 spiro atoms. The molecule has 1 atom stereocenters. The zero-order chi connectivity index (χ0) is 69.2. The van der Waals surface area contributed by atoms with E-state index in [4.69, 9.17) is 0 Å². The van der Waals surface area contributed by atoms with Crippen LogP contribution in [-0.2, 0) is 16.2 Å². The fourth-order valence-electron chi connectivity index (χ4n) is 16.9. The van der Waals surface area contributed by atoms with Crippen molar-refractivity contribution in [1.82, 2.24) is 0 Å². The van der Waals surface area contributed by atoms with Gasteiger partial charge in [-0.1, -0.05) is 330 Å². The predicted octanol–water partition coefficient (Wildman–Crippen LogP) is 30.4. The summed E-state index contributed by atoms with van der Waals surface area (Å²) in [5, 5.41) is 0. The lowest BCUT2D eigenvalue weighted by molar-refractivity contribution is 0.394. The largest absolute Gasteiger partial charge is 0.311 e. The van der Waals surface area contributed by atoms with Crippen molar-refractivity contribution in [3.05, 3.63) is 245 Å². The first kappa shape index (κ1) is 72.6. The molecule has 0 radical (unpaired) electrons. The molecule has 0 amide bonds. The summed E-state index contributed by atoms with van der Waals surface area (Å²) in [6.45, 7) is 24.7. The molecule has 0 saturated carbocycles. The van der Waals surface area contributed by atoms with Crippen molar-refractivity contribution >= 4 is 40.2 Å². The molecule has 2 nitrogen and oxygen atoms in total. The van der Waals surface area contributed by atoms with Gasteiger partial charge in [-0.25, -0.2) is 0 Å². The van der Waals surface area contributed by atoms with E-state index in [0.29, 0.717) is 0 Å². The second-order valence-corrected chi connectivity index (χ2v) is 31.1. The van der Waals surface area contributed by atoms with Crippen molar-refractivity contribution in [1.29, 1.82) is 0 Å². The van der Waals surface area contributed by atoms with Crippen LogP contribution in [0.25, 0.3) is 50.6 Å². The molecular formula is C97H120N2. The number of aryl methyl sites for hydroxylation is 2. The third kappa shape index (κ3) is 17.0. The molecule has 0 bridgehead atoms. The van der Waals surface area contributed by atoms with Crippen molar-refractivity contribution in [3.63, 3.8) is 0 Å². The topological polar surface area (TPSA) is 6.48 Å². The number of hydrogen-bond donors (Lipinski definition) is 0. The minimum absolute atomic E-state index is 0.0803. The summed E-state index contributed by atoms with van der Waals surface area (Å²) in [4.78, 5) is 4.83. The first-order chi connectivity index (χ1) is 48.3. The highest BCUT2D eigenvalue weighted by Crippen LogP contribution is 2.62. The van der Waals surface area contributed by atoms with Crippen molar-refractivity contribution in [3.8, 4) is 44.5 Å². The third-order valence-corrected chi connectivity index (χ3v) is 22.8. The molecule has 0 saturated heterocycles. The summed E-state index contributed by atoms with van der Waals surface area (Å²) in [6.07, 6.45) is 39.4. The van der Waals surface area contributed by atoms with Gasteiger partial charge < -0.3 is 9.80 Å². The number of nitrogens with zero attached hydrogens (tertiary/aromatic N) is 2. The normalized spacial score (nSPS) is 14.2. The number of unbranched alkanes of at least 4 members (excludes halogenated alkanes) is 21. The Morgan fingerprint density at radius 1 is 0.293 bits per heavy atom. The highest BCUT2D eigenvalue weighted by atomic mass is 15.1. The Morgan fingerprint density at radius 3 is 0.859 bits per heavy atom. The molecule has 2 aliphatic carbocycles. The van der Waals surface area contributed by atoms with Gasteiger partial charge in [-0.15, -0.1) is 0 Å². The first-order valence-electron chi connectivity index (χ1n) is 39.6. The summed E-state index contributed by atoms with van der Waals surface area (Å²) in [7, 11) is 0. The standard InChI is InChI=1S/C97H120N2/c1-11-16-20-24-28-32-36-68-97(67-35-31-27-23-19-14-4)92-70-79(77-45-59-85(60-46-77)99(82-53-39-74(7)40-54-82)86-61-49-80(50-62-86)95(8,9)10)48-64-88(92)90-71-93-89(72-94(90)97)87-63-47-78(69-91(87)96(93,65-33-29-25-21-17-12-2)66-34-30-26-22-18-13-3)76-43-57-84(58-44-76)98(81-51-37-73(6)38-52-81)83-55-41-75(15-5)42-56-83/h15,37-64,69-72H,5,11-14,16-36,65-68H2,1-4,6-10H3. The predicted molar refractivity (Wildman–Crippen MR) is 434 cm³/mol. The molecule has 99 heavy (non-hydrogen) atoms. The highest BCUT2D eigenvalue weighted by molar-refractivity contribution is 5.92. The minimum atomic E-state index is -0.0864. The molecule has 2 aliphatic rings. The molecule has 0 aliphatic heterocycles. The van der Waals surface area contributed by atoms with Crippen LogP contribution in [0.15, 0.2) is 201 Å². The molecule has 0 aromatic heterocycles. The Hall–Kier alpha value is -7.68. The zero-order valence-electron chi connectivity index (χ0n) is 62.7. The SMILES string of the molecule is C=Cc1ccc(N(c2ccc(C)cc2)c2ccc(-c3ccc4c(c3)C(CCCCCCCC)(CCCCCCCC)c3cc5c(cc3-4)C(CCCCCCCC)(CCCCCCCCC)c3cc(-c4ccc(N(c6ccc(C)cc6)c6ccc(C(C)(C)C)cc6)cc4)ccc3-5)cc2)cc1. The van der Waals surface area contributed by atoms with Crippen LogP contribution in [0.5, 0.6) is 0 Å². The Bertz CT molecular complexity index is 3970. The summed E-state index contributed by atoms with van der Waals surface area (Å²) in [5.74, 6) is 0. The van der Waals surface area contributed by atoms with Crippen LogP contribution >= 0.6 is 0 Å². The van der Waals surface area contributed by atoms with Gasteiger partial charge in [0.25, 0.3) is 0 Å². The molecule has 0 heterocycles. The van der Waals surface area contributed by atoms with Crippen LogP contribution in [-0.4, -0.2) is 0 Å². The summed E-state index contributed by atoms with van der Waals surface area (Å²) in [5.41, 5.74) is 29.6. The van der Waals surface area contributed by atoms with Gasteiger partial charge in [0.1, 0.15) is 0 Å². The number of rotatable bonds is 38. The van der Waals surface area contributed by atoms with E-state index < -0.39 is 0 Å². The Morgan fingerprint density at radius 2 is 0.556 bits per heavy atom. The number of anilines is 6. The van der Waals surface area contributed by atoms with Gasteiger partial charge in [0.15, 0.2) is 0 Å². The lowest BCUT2D eigenvalue weighted by Gasteiger charge is -2.35.